The van der Waals surface area contributed by atoms with E-state index in [0.717, 1.165) is 19.3 Å². The molecule has 0 bridgehead atoms. The molecular weight excluding hydrogens is 239 g/mol. The predicted molar refractivity (Wildman–Crippen MR) is 70.3 cm³/mol. The SMILES string of the molecule is C=CCCCC(Cc1cccc(Cl)c1F)NN. The van der Waals surface area contributed by atoms with E-state index in [9.17, 15) is 4.39 Å². The summed E-state index contributed by atoms with van der Waals surface area (Å²) in [4.78, 5) is 0. The first-order valence-corrected chi connectivity index (χ1v) is 6.06. The fourth-order valence-electron chi connectivity index (χ4n) is 1.72. The molecule has 0 amide bonds. The van der Waals surface area contributed by atoms with Gasteiger partial charge in [-0.3, -0.25) is 11.3 Å². The first-order chi connectivity index (χ1) is 8.19. The Morgan fingerprint density at radius 3 is 2.94 bits per heavy atom. The standard InChI is InChI=1S/C13H18ClFN2/c1-2-3-4-7-11(17-16)9-10-6-5-8-12(14)13(10)15/h2,5-6,8,11,17H,1,3-4,7,9,16H2. The van der Waals surface area contributed by atoms with Gasteiger partial charge in [-0.1, -0.05) is 29.8 Å². The molecule has 0 aliphatic rings. The number of benzene rings is 1. The van der Waals surface area contributed by atoms with Crippen LogP contribution in [0.5, 0.6) is 0 Å². The van der Waals surface area contributed by atoms with Crippen molar-refractivity contribution in [2.45, 2.75) is 31.7 Å². The van der Waals surface area contributed by atoms with Gasteiger partial charge in [0.25, 0.3) is 0 Å². The van der Waals surface area contributed by atoms with Crippen LogP contribution in [-0.2, 0) is 6.42 Å². The number of nitrogens with one attached hydrogen (secondary N) is 1. The molecule has 2 nitrogen and oxygen atoms in total. The largest absolute Gasteiger partial charge is 0.271 e. The Morgan fingerprint density at radius 2 is 2.29 bits per heavy atom. The van der Waals surface area contributed by atoms with Crippen molar-refractivity contribution in [1.29, 1.82) is 0 Å². The Kier molecular flexibility index (Phi) is 6.19. The van der Waals surface area contributed by atoms with Gasteiger partial charge in [0.05, 0.1) is 5.02 Å². The van der Waals surface area contributed by atoms with Gasteiger partial charge >= 0.3 is 0 Å². The molecule has 0 aliphatic carbocycles. The Labute approximate surface area is 107 Å². The molecule has 1 rings (SSSR count). The average Bonchev–Trinajstić information content (AvgIpc) is 2.33. The minimum atomic E-state index is -0.349. The maximum Gasteiger partial charge on any atom is 0.145 e. The van der Waals surface area contributed by atoms with Crippen molar-refractivity contribution in [2.75, 3.05) is 0 Å². The minimum absolute atomic E-state index is 0.0583. The molecule has 1 aromatic rings. The van der Waals surface area contributed by atoms with Crippen LogP contribution in [0.3, 0.4) is 0 Å². The van der Waals surface area contributed by atoms with Gasteiger partial charge in [-0.2, -0.15) is 0 Å². The zero-order chi connectivity index (χ0) is 12.7. The smallest absolute Gasteiger partial charge is 0.145 e. The predicted octanol–water partition coefficient (Wildman–Crippen LogP) is 3.21. The molecule has 1 atom stereocenters. The molecule has 0 fully saturated rings. The van der Waals surface area contributed by atoms with Gasteiger partial charge in [0.15, 0.2) is 0 Å². The number of unbranched alkanes of at least 4 members (excludes halogenated alkanes) is 1. The van der Waals surface area contributed by atoms with Gasteiger partial charge in [0.2, 0.25) is 0 Å². The molecular formula is C13H18ClFN2. The van der Waals surface area contributed by atoms with Crippen molar-refractivity contribution in [3.63, 3.8) is 0 Å². The number of halogens is 2. The second-order valence-corrected chi connectivity index (χ2v) is 4.41. The van der Waals surface area contributed by atoms with Crippen molar-refractivity contribution in [3.05, 3.63) is 47.3 Å². The van der Waals surface area contributed by atoms with Crippen LogP contribution in [0.2, 0.25) is 5.02 Å². The highest BCUT2D eigenvalue weighted by Crippen LogP contribution is 2.19. The molecule has 4 heteroatoms. The number of rotatable bonds is 7. The van der Waals surface area contributed by atoms with Gasteiger partial charge in [0.1, 0.15) is 5.82 Å². The van der Waals surface area contributed by atoms with Crippen LogP contribution in [0.1, 0.15) is 24.8 Å². The summed E-state index contributed by atoms with van der Waals surface area (Å²) in [5, 5.41) is 0.157. The van der Waals surface area contributed by atoms with Gasteiger partial charge in [0, 0.05) is 6.04 Å². The maximum absolute atomic E-state index is 13.7. The lowest BCUT2D eigenvalue weighted by atomic mass is 10.0. The van der Waals surface area contributed by atoms with Crippen LogP contribution in [-0.4, -0.2) is 6.04 Å². The van der Waals surface area contributed by atoms with E-state index in [0.29, 0.717) is 12.0 Å². The van der Waals surface area contributed by atoms with Gasteiger partial charge in [-0.05, 0) is 37.3 Å². The summed E-state index contributed by atoms with van der Waals surface area (Å²) in [6.07, 6.45) is 5.22. The molecule has 17 heavy (non-hydrogen) atoms. The monoisotopic (exact) mass is 256 g/mol. The summed E-state index contributed by atoms with van der Waals surface area (Å²) in [5.41, 5.74) is 3.31. The van der Waals surface area contributed by atoms with Crippen LogP contribution in [0.4, 0.5) is 4.39 Å². The highest BCUT2D eigenvalue weighted by molar-refractivity contribution is 6.30. The first-order valence-electron chi connectivity index (χ1n) is 5.69. The van der Waals surface area contributed by atoms with Gasteiger partial charge in [-0.25, -0.2) is 4.39 Å². The molecule has 0 spiro atoms. The molecule has 0 saturated carbocycles. The van der Waals surface area contributed by atoms with Crippen molar-refractivity contribution >= 4 is 11.6 Å². The van der Waals surface area contributed by atoms with Crippen molar-refractivity contribution in [1.82, 2.24) is 5.43 Å². The van der Waals surface area contributed by atoms with Crippen LogP contribution < -0.4 is 11.3 Å². The third kappa shape index (κ3) is 4.46. The maximum atomic E-state index is 13.7. The van der Waals surface area contributed by atoms with E-state index >= 15 is 0 Å². The van der Waals surface area contributed by atoms with E-state index in [1.54, 1.807) is 18.2 Å². The molecule has 1 aromatic carbocycles. The summed E-state index contributed by atoms with van der Waals surface area (Å²) in [5.74, 6) is 5.11. The molecule has 94 valence electrons. The molecule has 3 N–H and O–H groups in total. The number of nitrogens with two attached hydrogens (primary N) is 1. The summed E-state index contributed by atoms with van der Waals surface area (Å²) in [6.45, 7) is 3.66. The lowest BCUT2D eigenvalue weighted by Crippen LogP contribution is -2.36. The fraction of sp³-hybridized carbons (Fsp3) is 0.385. The van der Waals surface area contributed by atoms with Crippen LogP contribution in [0, 0.1) is 5.82 Å². The van der Waals surface area contributed by atoms with Gasteiger partial charge in [-0.15, -0.1) is 6.58 Å². The van der Waals surface area contributed by atoms with Crippen molar-refractivity contribution in [2.24, 2.45) is 5.84 Å². The third-order valence-electron chi connectivity index (χ3n) is 2.69. The van der Waals surface area contributed by atoms with Gasteiger partial charge < -0.3 is 0 Å². The summed E-state index contributed by atoms with van der Waals surface area (Å²) < 4.78 is 13.7. The Balaban J connectivity index is 2.60. The van der Waals surface area contributed by atoms with E-state index in [1.807, 2.05) is 6.08 Å². The molecule has 0 radical (unpaired) electrons. The summed E-state index contributed by atoms with van der Waals surface area (Å²) in [7, 11) is 0. The third-order valence-corrected chi connectivity index (χ3v) is 2.99. The normalized spacial score (nSPS) is 12.4. The number of hydrazine groups is 1. The number of hydrogen-bond donors (Lipinski definition) is 2. The van der Waals surface area contributed by atoms with E-state index in [-0.39, 0.29) is 16.9 Å². The van der Waals surface area contributed by atoms with E-state index in [4.69, 9.17) is 17.4 Å². The number of allylic oxidation sites excluding steroid dienone is 1. The van der Waals surface area contributed by atoms with Crippen molar-refractivity contribution < 1.29 is 4.39 Å². The molecule has 0 aromatic heterocycles. The van der Waals surface area contributed by atoms with Crippen molar-refractivity contribution in [3.8, 4) is 0 Å². The van der Waals surface area contributed by atoms with Crippen LogP contribution in [0.25, 0.3) is 0 Å². The minimum Gasteiger partial charge on any atom is -0.271 e. The molecule has 0 saturated heterocycles. The van der Waals surface area contributed by atoms with E-state index in [1.165, 1.54) is 0 Å². The molecule has 1 unspecified atom stereocenters. The Morgan fingerprint density at radius 1 is 1.53 bits per heavy atom. The van der Waals surface area contributed by atoms with E-state index in [2.05, 4.69) is 12.0 Å². The Hall–Kier alpha value is -0.900. The topological polar surface area (TPSA) is 38.0 Å². The molecule has 0 aliphatic heterocycles. The van der Waals surface area contributed by atoms with Crippen LogP contribution in [0.15, 0.2) is 30.9 Å². The lowest BCUT2D eigenvalue weighted by molar-refractivity contribution is 0.468. The fourth-order valence-corrected chi connectivity index (χ4v) is 1.92. The van der Waals surface area contributed by atoms with Crippen LogP contribution >= 0.6 is 11.6 Å². The quantitative estimate of drug-likeness (QED) is 0.340. The molecule has 0 heterocycles. The summed E-state index contributed by atoms with van der Waals surface area (Å²) in [6, 6.07) is 5.09. The van der Waals surface area contributed by atoms with E-state index < -0.39 is 0 Å². The highest BCUT2D eigenvalue weighted by Gasteiger charge is 2.12. The summed E-state index contributed by atoms with van der Waals surface area (Å²) >= 11 is 5.73. The zero-order valence-corrected chi connectivity index (χ0v) is 10.5. The first kappa shape index (κ1) is 14.2. The zero-order valence-electron chi connectivity index (χ0n) is 9.76. The second-order valence-electron chi connectivity index (χ2n) is 4.00. The highest BCUT2D eigenvalue weighted by atomic mass is 35.5. The number of hydrogen-bond acceptors (Lipinski definition) is 2. The second kappa shape index (κ2) is 7.43. The average molecular weight is 257 g/mol. The lowest BCUT2D eigenvalue weighted by Gasteiger charge is -2.16. The Bertz CT molecular complexity index is 368.